The van der Waals surface area contributed by atoms with Crippen LogP contribution in [0.4, 0.5) is 0 Å². The van der Waals surface area contributed by atoms with Gasteiger partial charge in [0, 0.05) is 20.3 Å². The summed E-state index contributed by atoms with van der Waals surface area (Å²) in [5.74, 6) is -1.81. The molecule has 3 amide bonds. The molecule has 0 aromatic carbocycles. The van der Waals surface area contributed by atoms with E-state index in [4.69, 9.17) is 47.4 Å². The molecule has 5 fully saturated rings. The predicted molar refractivity (Wildman–Crippen MR) is 370 cm³/mol. The van der Waals surface area contributed by atoms with E-state index in [-0.39, 0.29) is 12.3 Å². The number of aliphatic hydroxyl groups is 15. The van der Waals surface area contributed by atoms with E-state index in [2.05, 4.69) is 29.8 Å². The van der Waals surface area contributed by atoms with Crippen LogP contribution >= 0.6 is 0 Å². The summed E-state index contributed by atoms with van der Waals surface area (Å²) >= 11 is 0. The zero-order valence-corrected chi connectivity index (χ0v) is 61.2. The first-order valence-electron chi connectivity index (χ1n) is 38.4. The molecule has 602 valence electrons. The summed E-state index contributed by atoms with van der Waals surface area (Å²) in [5.41, 5.74) is 0. The summed E-state index contributed by atoms with van der Waals surface area (Å²) in [6.07, 6.45) is -7.63. The first-order valence-corrected chi connectivity index (χ1v) is 38.4. The fourth-order valence-electron chi connectivity index (χ4n) is 13.9. The highest BCUT2D eigenvalue weighted by atomic mass is 16.8. The summed E-state index contributed by atoms with van der Waals surface area (Å²) in [6.45, 7) is 1.57. The Morgan fingerprint density at radius 1 is 0.388 bits per heavy atom. The molecule has 0 aliphatic carbocycles. The molecule has 0 aromatic rings. The largest absolute Gasteiger partial charge is 0.394 e. The van der Waals surface area contributed by atoms with Gasteiger partial charge in [0.1, 0.15) is 122 Å². The molecule has 103 heavy (non-hydrogen) atoms. The van der Waals surface area contributed by atoms with E-state index < -0.39 is 217 Å². The molecular weight excluding hydrogens is 1350 g/mol. The van der Waals surface area contributed by atoms with Gasteiger partial charge in [-0.05, 0) is 19.3 Å². The standard InChI is InChI=1S/C72H131N3O28/c1-5-7-9-11-13-15-17-19-20-21-22-24-26-28-30-32-34-36-52(83)75-45(46(82)35-33-31-29-27-25-23-18-16-14-12-10-8-6-2)41-94-70-62(91)61(90)65(50(40-79)99-70)101-72-64(93)67(58(87)51(100-72)42-95-68-53(73-43(3)80)59(88)55(84)47(37-76)96-68)103-71-63(92)66(57(86)49(39-78)98-71)102-69-54(74-44(4)81)60(89)56(85)48(38-77)97-69/h33,35,45-51,53-72,76-79,82,84-93H,5-32,34,36-42H2,1-4H3,(H,73,80)(H,74,81)(H,75,83)/b35-33+/t45-,46+,47?,48?,49?,50?,51?,53?,54?,55+,56-,57-,58-,59+,60+,61+,62?,63?,64?,65+,66-,67-,68+,69-,70+,71+,72-/m0/s1. The van der Waals surface area contributed by atoms with Crippen LogP contribution in [0.5, 0.6) is 0 Å². The Labute approximate surface area is 607 Å². The maximum absolute atomic E-state index is 13.6. The van der Waals surface area contributed by atoms with Crippen LogP contribution in [0.3, 0.4) is 0 Å². The molecular formula is C72H131N3O28. The molecule has 5 heterocycles. The number of unbranched alkanes of at least 4 members (excludes halogenated alkanes) is 27. The molecule has 27 atom stereocenters. The first-order chi connectivity index (χ1) is 49.5. The zero-order chi connectivity index (χ0) is 75.4. The molecule has 18 N–H and O–H groups in total. The second-order valence-electron chi connectivity index (χ2n) is 28.6. The highest BCUT2D eigenvalue weighted by Gasteiger charge is 2.57. The van der Waals surface area contributed by atoms with E-state index in [0.29, 0.717) is 12.8 Å². The summed E-state index contributed by atoms with van der Waals surface area (Å²) < 4.78 is 59.3. The van der Waals surface area contributed by atoms with Crippen molar-refractivity contribution in [3.05, 3.63) is 12.2 Å². The van der Waals surface area contributed by atoms with Crippen molar-refractivity contribution in [1.29, 1.82) is 0 Å². The lowest BCUT2D eigenvalue weighted by molar-refractivity contribution is -0.390. The Morgan fingerprint density at radius 2 is 0.757 bits per heavy atom. The monoisotopic (exact) mass is 1490 g/mol. The van der Waals surface area contributed by atoms with Gasteiger partial charge >= 0.3 is 0 Å². The summed E-state index contributed by atoms with van der Waals surface area (Å²) in [7, 11) is 0. The van der Waals surface area contributed by atoms with Gasteiger partial charge in [-0.15, -0.1) is 0 Å². The minimum Gasteiger partial charge on any atom is -0.394 e. The van der Waals surface area contributed by atoms with Crippen molar-refractivity contribution >= 4 is 17.7 Å². The molecule has 0 aromatic heterocycles. The third-order valence-electron chi connectivity index (χ3n) is 20.1. The van der Waals surface area contributed by atoms with Crippen LogP contribution in [-0.2, 0) is 61.8 Å². The van der Waals surface area contributed by atoms with Crippen LogP contribution in [0, 0.1) is 0 Å². The fourth-order valence-corrected chi connectivity index (χ4v) is 13.9. The van der Waals surface area contributed by atoms with Gasteiger partial charge in [-0.2, -0.15) is 0 Å². The molecule has 0 radical (unpaired) electrons. The van der Waals surface area contributed by atoms with Gasteiger partial charge in [-0.3, -0.25) is 14.4 Å². The SMILES string of the molecule is CCCCCCCCCCCCC/C=C/[C@@H](O)[C@H](CO[C@@H]1OC(CO)[C@@H](O[C@@H]2OC(CO[C@@H]3OC(CO)[C@@H](O)[C@H](O)C3NC(C)=O)[C@H](O)[C@H](O[C@H]3OC(CO)[C@H](O)[C@H](O[C@@H]4OC(CO)[C@H](O)[C@H](O)C4NC(C)=O)C3O)C2O)[C@H](O)C1O)NC(=O)CCCCCCCCCCCCCCCCCCC. The molecule has 5 aliphatic rings. The van der Waals surface area contributed by atoms with Crippen LogP contribution in [0.25, 0.3) is 0 Å². The third kappa shape index (κ3) is 29.8. The molecule has 0 spiro atoms. The number of aliphatic hydroxyl groups excluding tert-OH is 15. The number of nitrogens with one attached hydrogen (secondary N) is 3. The average molecular weight is 1490 g/mol. The number of amides is 3. The average Bonchev–Trinajstić information content (AvgIpc) is 0.777. The van der Waals surface area contributed by atoms with E-state index in [1.165, 1.54) is 122 Å². The van der Waals surface area contributed by atoms with Crippen molar-refractivity contribution < 1.29 is 138 Å². The Balaban J connectivity index is 1.29. The van der Waals surface area contributed by atoms with Crippen molar-refractivity contribution in [3.8, 4) is 0 Å². The lowest BCUT2D eigenvalue weighted by atomic mass is 9.94. The maximum Gasteiger partial charge on any atom is 0.220 e. The lowest BCUT2D eigenvalue weighted by Gasteiger charge is -2.50. The Hall–Kier alpha value is -2.85. The molecule has 31 heteroatoms. The van der Waals surface area contributed by atoms with Crippen LogP contribution in [-0.4, -0.2) is 300 Å². The molecule has 5 aliphatic heterocycles. The Bertz CT molecular complexity index is 2310. The van der Waals surface area contributed by atoms with E-state index in [9.17, 15) is 91.0 Å². The fraction of sp³-hybridized carbons (Fsp3) is 0.931. The van der Waals surface area contributed by atoms with E-state index >= 15 is 0 Å². The Morgan fingerprint density at radius 3 is 1.21 bits per heavy atom. The van der Waals surface area contributed by atoms with Crippen molar-refractivity contribution in [2.24, 2.45) is 0 Å². The number of rotatable bonds is 51. The van der Waals surface area contributed by atoms with Gasteiger partial charge < -0.3 is 140 Å². The zero-order valence-electron chi connectivity index (χ0n) is 61.2. The number of ether oxygens (including phenoxy) is 10. The molecule has 10 unspecified atom stereocenters. The maximum atomic E-state index is 13.6. The van der Waals surface area contributed by atoms with Crippen molar-refractivity contribution in [3.63, 3.8) is 0 Å². The van der Waals surface area contributed by atoms with Crippen molar-refractivity contribution in [2.75, 3.05) is 39.6 Å². The van der Waals surface area contributed by atoms with Crippen LogP contribution in [0.1, 0.15) is 220 Å². The number of hydrogen-bond acceptors (Lipinski definition) is 28. The second kappa shape index (κ2) is 50.0. The highest BCUT2D eigenvalue weighted by molar-refractivity contribution is 5.76. The van der Waals surface area contributed by atoms with Gasteiger partial charge in [0.2, 0.25) is 17.7 Å². The smallest absolute Gasteiger partial charge is 0.220 e. The number of hydrogen-bond donors (Lipinski definition) is 18. The quantitative estimate of drug-likeness (QED) is 0.0292. The van der Waals surface area contributed by atoms with Gasteiger partial charge in [-0.1, -0.05) is 193 Å². The van der Waals surface area contributed by atoms with Gasteiger partial charge in [0.05, 0.1) is 51.8 Å². The Kier molecular flexibility index (Phi) is 44.1. The van der Waals surface area contributed by atoms with E-state index in [1.807, 2.05) is 6.08 Å². The molecule has 5 rings (SSSR count). The van der Waals surface area contributed by atoms with Crippen molar-refractivity contribution in [2.45, 2.75) is 386 Å². The summed E-state index contributed by atoms with van der Waals surface area (Å²) in [5, 5.41) is 175. The number of carbonyl (C=O) groups is 3. The summed E-state index contributed by atoms with van der Waals surface area (Å²) in [4.78, 5) is 38.2. The molecule has 0 bridgehead atoms. The predicted octanol–water partition coefficient (Wildman–Crippen LogP) is 0.532. The number of carbonyl (C=O) groups excluding carboxylic acids is 3. The summed E-state index contributed by atoms with van der Waals surface area (Å²) in [6, 6.07) is -4.21. The third-order valence-corrected chi connectivity index (χ3v) is 20.1. The van der Waals surface area contributed by atoms with Gasteiger partial charge in [0.25, 0.3) is 0 Å². The minimum absolute atomic E-state index is 0.170. The first kappa shape index (κ1) is 90.8. The molecule has 5 saturated heterocycles. The second-order valence-corrected chi connectivity index (χ2v) is 28.6. The van der Waals surface area contributed by atoms with E-state index in [1.54, 1.807) is 6.08 Å². The van der Waals surface area contributed by atoms with Crippen molar-refractivity contribution in [1.82, 2.24) is 16.0 Å². The molecule has 31 nitrogen and oxygen atoms in total. The van der Waals surface area contributed by atoms with Crippen LogP contribution in [0.2, 0.25) is 0 Å². The normalized spacial score (nSPS) is 34.9. The number of allylic oxidation sites excluding steroid dienone is 1. The lowest BCUT2D eigenvalue weighted by Crippen LogP contribution is -2.69. The van der Waals surface area contributed by atoms with Gasteiger partial charge in [-0.25, -0.2) is 0 Å². The minimum atomic E-state index is -2.27. The topological polar surface area (TPSA) is 483 Å². The highest BCUT2D eigenvalue weighted by Crippen LogP contribution is 2.36. The molecule has 0 saturated carbocycles. The van der Waals surface area contributed by atoms with E-state index in [0.717, 1.165) is 65.2 Å². The van der Waals surface area contributed by atoms with Crippen LogP contribution in [0.15, 0.2) is 12.2 Å². The van der Waals surface area contributed by atoms with Crippen LogP contribution < -0.4 is 16.0 Å². The van der Waals surface area contributed by atoms with Gasteiger partial charge in [0.15, 0.2) is 31.5 Å².